The average molecular weight is 320 g/mol. The van der Waals surface area contributed by atoms with Gasteiger partial charge < -0.3 is 16.4 Å². The van der Waals surface area contributed by atoms with E-state index in [4.69, 9.17) is 11.5 Å². The minimum absolute atomic E-state index is 0.0957. The number of hydrogen-bond donors (Lipinski definition) is 2. The first-order chi connectivity index (χ1) is 9.69. The second-order valence-electron chi connectivity index (χ2n) is 5.45. The predicted molar refractivity (Wildman–Crippen MR) is 79.1 cm³/mol. The molecule has 1 aliphatic rings. The molecule has 0 radical (unpaired) electrons. The lowest BCUT2D eigenvalue weighted by atomic mass is 10.2. The third-order valence-electron chi connectivity index (χ3n) is 3.40. The first kappa shape index (κ1) is 17.9. The van der Waals surface area contributed by atoms with Gasteiger partial charge in [-0.2, -0.15) is 0 Å². The molecule has 21 heavy (non-hydrogen) atoms. The molecule has 0 aromatic heterocycles. The molecule has 0 spiro atoms. The van der Waals surface area contributed by atoms with Crippen LogP contribution in [0.15, 0.2) is 0 Å². The number of primary amides is 1. The number of carbonyl (C=O) groups excluding carboxylic acids is 2. The summed E-state index contributed by atoms with van der Waals surface area (Å²) in [6.45, 7) is 2.47. The molecule has 0 bridgehead atoms. The fraction of sp³-hybridized carbons (Fsp3) is 0.833. The molecule has 0 aliphatic carbocycles. The standard InChI is InChI=1S/C12H24N4O4S/c1-21(19,20)8-3-10(13)12(18)16-5-2-4-15(6-7-16)9-11(14)17/h10H,2-9,13H2,1H3,(H2,14,17). The second-order valence-corrected chi connectivity index (χ2v) is 7.71. The molecule has 0 saturated carbocycles. The maximum atomic E-state index is 12.2. The Morgan fingerprint density at radius 2 is 1.86 bits per heavy atom. The van der Waals surface area contributed by atoms with Crippen molar-refractivity contribution >= 4 is 21.7 Å². The first-order valence-corrected chi connectivity index (χ1v) is 8.98. The zero-order valence-corrected chi connectivity index (χ0v) is 13.1. The van der Waals surface area contributed by atoms with Gasteiger partial charge in [-0.15, -0.1) is 0 Å². The van der Waals surface area contributed by atoms with E-state index in [-0.39, 0.29) is 30.5 Å². The Morgan fingerprint density at radius 3 is 2.43 bits per heavy atom. The summed E-state index contributed by atoms with van der Waals surface area (Å²) >= 11 is 0. The third-order valence-corrected chi connectivity index (χ3v) is 4.37. The summed E-state index contributed by atoms with van der Waals surface area (Å²) in [4.78, 5) is 26.6. The van der Waals surface area contributed by atoms with Gasteiger partial charge in [0, 0.05) is 32.4 Å². The zero-order valence-electron chi connectivity index (χ0n) is 12.3. The van der Waals surface area contributed by atoms with Crippen LogP contribution in [-0.2, 0) is 19.4 Å². The lowest BCUT2D eigenvalue weighted by Gasteiger charge is -2.24. The Morgan fingerprint density at radius 1 is 1.19 bits per heavy atom. The molecule has 2 amide bonds. The van der Waals surface area contributed by atoms with Crippen LogP contribution in [0.4, 0.5) is 0 Å². The Balaban J connectivity index is 2.49. The first-order valence-electron chi connectivity index (χ1n) is 6.92. The minimum atomic E-state index is -3.12. The van der Waals surface area contributed by atoms with Crippen LogP contribution in [0.3, 0.4) is 0 Å². The van der Waals surface area contributed by atoms with Crippen molar-refractivity contribution in [2.75, 3.05) is 44.7 Å². The predicted octanol–water partition coefficient (Wildman–Crippen LogP) is -2.23. The van der Waals surface area contributed by atoms with E-state index < -0.39 is 15.9 Å². The van der Waals surface area contributed by atoms with Crippen LogP contribution in [0, 0.1) is 0 Å². The molecule has 0 aromatic rings. The van der Waals surface area contributed by atoms with Crippen molar-refractivity contribution in [1.82, 2.24) is 9.80 Å². The summed E-state index contributed by atoms with van der Waals surface area (Å²) in [5, 5.41) is 0. The number of rotatable bonds is 6. The highest BCUT2D eigenvalue weighted by molar-refractivity contribution is 7.90. The highest BCUT2D eigenvalue weighted by Gasteiger charge is 2.24. The molecule has 122 valence electrons. The summed E-state index contributed by atoms with van der Waals surface area (Å²) in [6.07, 6.45) is 1.98. The summed E-state index contributed by atoms with van der Waals surface area (Å²) < 4.78 is 22.2. The zero-order chi connectivity index (χ0) is 16.0. The molecule has 0 aromatic carbocycles. The average Bonchev–Trinajstić information content (AvgIpc) is 2.59. The fourth-order valence-corrected chi connectivity index (χ4v) is 2.95. The molecule has 1 atom stereocenters. The van der Waals surface area contributed by atoms with E-state index in [1.54, 1.807) is 4.90 Å². The van der Waals surface area contributed by atoms with E-state index in [9.17, 15) is 18.0 Å². The fourth-order valence-electron chi connectivity index (χ4n) is 2.27. The van der Waals surface area contributed by atoms with Crippen LogP contribution in [0.1, 0.15) is 12.8 Å². The van der Waals surface area contributed by atoms with Gasteiger partial charge >= 0.3 is 0 Å². The molecule has 1 fully saturated rings. The van der Waals surface area contributed by atoms with Crippen LogP contribution < -0.4 is 11.5 Å². The van der Waals surface area contributed by atoms with Crippen molar-refractivity contribution in [2.24, 2.45) is 11.5 Å². The van der Waals surface area contributed by atoms with Crippen molar-refractivity contribution in [3.05, 3.63) is 0 Å². The number of nitrogens with two attached hydrogens (primary N) is 2. The lowest BCUT2D eigenvalue weighted by molar-refractivity contribution is -0.132. The van der Waals surface area contributed by atoms with E-state index in [1.807, 2.05) is 4.90 Å². The molecule has 1 heterocycles. The highest BCUT2D eigenvalue weighted by atomic mass is 32.2. The summed E-state index contributed by atoms with van der Waals surface area (Å²) in [5.74, 6) is -0.721. The van der Waals surface area contributed by atoms with Gasteiger partial charge in [-0.1, -0.05) is 0 Å². The molecule has 1 aliphatic heterocycles. The van der Waals surface area contributed by atoms with E-state index in [2.05, 4.69) is 0 Å². The monoisotopic (exact) mass is 320 g/mol. The van der Waals surface area contributed by atoms with E-state index >= 15 is 0 Å². The van der Waals surface area contributed by atoms with Gasteiger partial charge in [-0.25, -0.2) is 8.42 Å². The number of hydrogen-bond acceptors (Lipinski definition) is 6. The third kappa shape index (κ3) is 6.87. The van der Waals surface area contributed by atoms with Crippen LogP contribution in [-0.4, -0.2) is 80.8 Å². The van der Waals surface area contributed by atoms with Crippen LogP contribution in [0.25, 0.3) is 0 Å². The quantitative estimate of drug-likeness (QED) is 0.570. The molecular formula is C12H24N4O4S. The maximum Gasteiger partial charge on any atom is 0.239 e. The number of amides is 2. The van der Waals surface area contributed by atoms with E-state index in [0.717, 1.165) is 12.7 Å². The number of carbonyl (C=O) groups is 2. The van der Waals surface area contributed by atoms with Crippen molar-refractivity contribution in [1.29, 1.82) is 0 Å². The van der Waals surface area contributed by atoms with Crippen molar-refractivity contribution in [3.8, 4) is 0 Å². The van der Waals surface area contributed by atoms with Gasteiger partial charge in [0.05, 0.1) is 18.3 Å². The van der Waals surface area contributed by atoms with Crippen LogP contribution >= 0.6 is 0 Å². The molecule has 1 rings (SSSR count). The van der Waals surface area contributed by atoms with Crippen molar-refractivity contribution in [2.45, 2.75) is 18.9 Å². The normalized spacial score (nSPS) is 19.0. The smallest absolute Gasteiger partial charge is 0.239 e. The van der Waals surface area contributed by atoms with Gasteiger partial charge in [-0.05, 0) is 12.8 Å². The topological polar surface area (TPSA) is 127 Å². The Labute approximate surface area is 125 Å². The lowest BCUT2D eigenvalue weighted by Crippen LogP contribution is -2.46. The van der Waals surface area contributed by atoms with Gasteiger partial charge in [0.2, 0.25) is 11.8 Å². The molecule has 1 saturated heterocycles. The van der Waals surface area contributed by atoms with Crippen LogP contribution in [0.2, 0.25) is 0 Å². The molecule has 1 unspecified atom stereocenters. The highest BCUT2D eigenvalue weighted by Crippen LogP contribution is 2.06. The van der Waals surface area contributed by atoms with E-state index in [1.165, 1.54) is 0 Å². The van der Waals surface area contributed by atoms with Crippen LogP contribution in [0.5, 0.6) is 0 Å². The SMILES string of the molecule is CS(=O)(=O)CCC(N)C(=O)N1CCCN(CC(N)=O)CC1. The molecular weight excluding hydrogens is 296 g/mol. The van der Waals surface area contributed by atoms with Gasteiger partial charge in [0.25, 0.3) is 0 Å². The Kier molecular flexibility index (Phi) is 6.56. The van der Waals surface area contributed by atoms with E-state index in [0.29, 0.717) is 26.2 Å². The Bertz CT molecular complexity index is 480. The molecule has 4 N–H and O–H groups in total. The van der Waals surface area contributed by atoms with Crippen molar-refractivity contribution in [3.63, 3.8) is 0 Å². The minimum Gasteiger partial charge on any atom is -0.369 e. The van der Waals surface area contributed by atoms with Gasteiger partial charge in [0.15, 0.2) is 0 Å². The summed E-state index contributed by atoms with van der Waals surface area (Å²) in [5.41, 5.74) is 10.9. The Hall–Kier alpha value is -1.19. The summed E-state index contributed by atoms with van der Waals surface area (Å²) in [7, 11) is -3.12. The molecule has 9 heteroatoms. The maximum absolute atomic E-state index is 12.2. The summed E-state index contributed by atoms with van der Waals surface area (Å²) in [6, 6.07) is -0.803. The second kappa shape index (κ2) is 7.71. The van der Waals surface area contributed by atoms with Gasteiger partial charge in [0.1, 0.15) is 9.84 Å². The van der Waals surface area contributed by atoms with Gasteiger partial charge in [-0.3, -0.25) is 14.5 Å². The number of nitrogens with zero attached hydrogens (tertiary/aromatic N) is 2. The molecule has 8 nitrogen and oxygen atoms in total. The number of sulfone groups is 1. The largest absolute Gasteiger partial charge is 0.369 e. The van der Waals surface area contributed by atoms with Crippen molar-refractivity contribution < 1.29 is 18.0 Å².